The molecule has 2 aromatic rings. The smallest absolute Gasteiger partial charge is 0.165 e. The van der Waals surface area contributed by atoms with Crippen molar-refractivity contribution in [1.29, 1.82) is 0 Å². The van der Waals surface area contributed by atoms with Gasteiger partial charge in [-0.3, -0.25) is 9.89 Å². The van der Waals surface area contributed by atoms with Gasteiger partial charge in [-0.2, -0.15) is 5.10 Å². The Morgan fingerprint density at radius 3 is 3.06 bits per heavy atom. The molecule has 5 heteroatoms. The summed E-state index contributed by atoms with van der Waals surface area (Å²) in [4.78, 5) is 10.7. The highest BCUT2D eigenvalue weighted by atomic mass is 19.1. The normalized spacial score (nSPS) is 10.2. The molecule has 4 nitrogen and oxygen atoms in total. The Balaban J connectivity index is 2.27. The molecule has 2 rings (SSSR count). The standard InChI is InChI=1S/C12H11FN2O2/c1-17-12-5-8(2-3-10(12)13)4-11-9(7-16)6-14-15-11/h2-3,5-7H,4H2,1H3,(H,14,15). The summed E-state index contributed by atoms with van der Waals surface area (Å²) in [5.74, 6) is -0.217. The van der Waals surface area contributed by atoms with Gasteiger partial charge in [-0.05, 0) is 17.7 Å². The molecule has 17 heavy (non-hydrogen) atoms. The van der Waals surface area contributed by atoms with E-state index in [-0.39, 0.29) is 5.75 Å². The number of rotatable bonds is 4. The van der Waals surface area contributed by atoms with Crippen LogP contribution in [0.1, 0.15) is 21.6 Å². The number of ether oxygens (including phenoxy) is 1. The van der Waals surface area contributed by atoms with Gasteiger partial charge in [0, 0.05) is 6.42 Å². The lowest BCUT2D eigenvalue weighted by Crippen LogP contribution is -1.95. The zero-order valence-corrected chi connectivity index (χ0v) is 9.24. The van der Waals surface area contributed by atoms with Crippen molar-refractivity contribution >= 4 is 6.29 Å². The van der Waals surface area contributed by atoms with Crippen LogP contribution in [0.4, 0.5) is 4.39 Å². The van der Waals surface area contributed by atoms with Crippen LogP contribution >= 0.6 is 0 Å². The van der Waals surface area contributed by atoms with Gasteiger partial charge in [-0.25, -0.2) is 4.39 Å². The summed E-state index contributed by atoms with van der Waals surface area (Å²) in [6, 6.07) is 4.59. The first-order valence-electron chi connectivity index (χ1n) is 5.04. The number of methoxy groups -OCH3 is 1. The van der Waals surface area contributed by atoms with E-state index in [1.165, 1.54) is 19.4 Å². The van der Waals surface area contributed by atoms with E-state index in [4.69, 9.17) is 4.74 Å². The minimum Gasteiger partial charge on any atom is -0.494 e. The van der Waals surface area contributed by atoms with Crippen molar-refractivity contribution in [2.75, 3.05) is 7.11 Å². The molecule has 88 valence electrons. The number of H-pyrrole nitrogens is 1. The number of carbonyl (C=O) groups excluding carboxylic acids is 1. The highest BCUT2D eigenvalue weighted by molar-refractivity contribution is 5.76. The average molecular weight is 234 g/mol. The summed E-state index contributed by atoms with van der Waals surface area (Å²) < 4.78 is 18.1. The molecule has 0 saturated heterocycles. The Labute approximate surface area is 97.4 Å². The summed E-state index contributed by atoms with van der Waals surface area (Å²) in [7, 11) is 1.41. The van der Waals surface area contributed by atoms with Crippen LogP contribution in [0.5, 0.6) is 5.75 Å². The molecule has 0 fully saturated rings. The summed E-state index contributed by atoms with van der Waals surface area (Å²) in [5, 5.41) is 6.53. The van der Waals surface area contributed by atoms with E-state index in [1.54, 1.807) is 12.1 Å². The fraction of sp³-hybridized carbons (Fsp3) is 0.167. The lowest BCUT2D eigenvalue weighted by molar-refractivity contribution is 0.112. The fourth-order valence-corrected chi connectivity index (χ4v) is 1.58. The van der Waals surface area contributed by atoms with E-state index in [0.29, 0.717) is 17.7 Å². The number of aromatic amines is 1. The first-order chi connectivity index (χ1) is 8.24. The SMILES string of the molecule is COc1cc(Cc2[nH]ncc2C=O)ccc1F. The van der Waals surface area contributed by atoms with Crippen LogP contribution < -0.4 is 4.74 Å². The van der Waals surface area contributed by atoms with Gasteiger partial charge in [-0.15, -0.1) is 0 Å². The predicted molar refractivity (Wildman–Crippen MR) is 59.7 cm³/mol. The summed E-state index contributed by atoms with van der Waals surface area (Å²) in [6.45, 7) is 0. The molecule has 0 bridgehead atoms. The lowest BCUT2D eigenvalue weighted by atomic mass is 10.1. The van der Waals surface area contributed by atoms with Gasteiger partial charge >= 0.3 is 0 Å². The number of nitrogens with zero attached hydrogens (tertiary/aromatic N) is 1. The molecule has 0 atom stereocenters. The van der Waals surface area contributed by atoms with Crippen LogP contribution in [-0.2, 0) is 6.42 Å². The number of carbonyl (C=O) groups is 1. The van der Waals surface area contributed by atoms with Gasteiger partial charge in [0.1, 0.15) is 0 Å². The second-order valence-electron chi connectivity index (χ2n) is 3.57. The maximum atomic E-state index is 13.2. The molecular weight excluding hydrogens is 223 g/mol. The first kappa shape index (κ1) is 11.3. The third kappa shape index (κ3) is 2.33. The molecule has 0 amide bonds. The molecule has 0 aliphatic carbocycles. The van der Waals surface area contributed by atoms with Crippen molar-refractivity contribution in [1.82, 2.24) is 10.2 Å². The van der Waals surface area contributed by atoms with Gasteiger partial charge in [-0.1, -0.05) is 6.07 Å². The Morgan fingerprint density at radius 1 is 1.53 bits per heavy atom. The van der Waals surface area contributed by atoms with Crippen molar-refractivity contribution in [3.8, 4) is 5.75 Å². The minimum absolute atomic E-state index is 0.190. The van der Waals surface area contributed by atoms with E-state index in [2.05, 4.69) is 10.2 Å². The number of aldehydes is 1. The highest BCUT2D eigenvalue weighted by Gasteiger charge is 2.08. The third-order valence-electron chi connectivity index (χ3n) is 2.48. The average Bonchev–Trinajstić information content (AvgIpc) is 2.79. The number of aromatic nitrogens is 2. The Hall–Kier alpha value is -2.17. The van der Waals surface area contributed by atoms with Crippen LogP contribution in [0.15, 0.2) is 24.4 Å². The maximum Gasteiger partial charge on any atom is 0.165 e. The number of hydrogen-bond acceptors (Lipinski definition) is 3. The molecule has 1 heterocycles. The van der Waals surface area contributed by atoms with E-state index in [0.717, 1.165) is 11.8 Å². The first-order valence-corrected chi connectivity index (χ1v) is 5.04. The van der Waals surface area contributed by atoms with Crippen molar-refractivity contribution in [2.24, 2.45) is 0 Å². The lowest BCUT2D eigenvalue weighted by Gasteiger charge is -2.05. The van der Waals surface area contributed by atoms with Crippen molar-refractivity contribution in [3.05, 3.63) is 47.0 Å². The summed E-state index contributed by atoms with van der Waals surface area (Å²) in [6.07, 6.45) is 2.67. The van der Waals surface area contributed by atoms with E-state index in [9.17, 15) is 9.18 Å². The minimum atomic E-state index is -0.406. The van der Waals surface area contributed by atoms with Crippen molar-refractivity contribution in [3.63, 3.8) is 0 Å². The van der Waals surface area contributed by atoms with Gasteiger partial charge in [0.2, 0.25) is 0 Å². The van der Waals surface area contributed by atoms with Crippen LogP contribution in [-0.4, -0.2) is 23.6 Å². The fourth-order valence-electron chi connectivity index (χ4n) is 1.58. The largest absolute Gasteiger partial charge is 0.494 e. The predicted octanol–water partition coefficient (Wildman–Crippen LogP) is 1.96. The monoisotopic (exact) mass is 234 g/mol. The van der Waals surface area contributed by atoms with Gasteiger partial charge in [0.25, 0.3) is 0 Å². The summed E-state index contributed by atoms with van der Waals surface area (Å²) in [5.41, 5.74) is 2.05. The number of nitrogens with one attached hydrogen (secondary N) is 1. The molecule has 1 aromatic carbocycles. The second kappa shape index (κ2) is 4.78. The molecule has 0 spiro atoms. The quantitative estimate of drug-likeness (QED) is 0.823. The Bertz CT molecular complexity index is 537. The van der Waals surface area contributed by atoms with Gasteiger partial charge in [0.05, 0.1) is 24.6 Å². The van der Waals surface area contributed by atoms with Gasteiger partial charge < -0.3 is 4.74 Å². The van der Waals surface area contributed by atoms with Crippen molar-refractivity contribution in [2.45, 2.75) is 6.42 Å². The van der Waals surface area contributed by atoms with Crippen LogP contribution in [0.2, 0.25) is 0 Å². The Kier molecular flexibility index (Phi) is 3.18. The number of halogens is 1. The maximum absolute atomic E-state index is 13.2. The van der Waals surface area contributed by atoms with Crippen molar-refractivity contribution < 1.29 is 13.9 Å². The topological polar surface area (TPSA) is 55.0 Å². The van der Waals surface area contributed by atoms with E-state index < -0.39 is 5.82 Å². The van der Waals surface area contributed by atoms with Crippen LogP contribution in [0.25, 0.3) is 0 Å². The molecule has 0 unspecified atom stereocenters. The third-order valence-corrected chi connectivity index (χ3v) is 2.48. The molecule has 0 radical (unpaired) electrons. The summed E-state index contributed by atoms with van der Waals surface area (Å²) >= 11 is 0. The van der Waals surface area contributed by atoms with E-state index in [1.807, 2.05) is 0 Å². The second-order valence-corrected chi connectivity index (χ2v) is 3.57. The highest BCUT2D eigenvalue weighted by Crippen LogP contribution is 2.20. The number of hydrogen-bond donors (Lipinski definition) is 1. The van der Waals surface area contributed by atoms with Crippen LogP contribution in [0, 0.1) is 5.82 Å². The molecule has 0 saturated carbocycles. The molecule has 0 aliphatic heterocycles. The Morgan fingerprint density at radius 2 is 2.35 bits per heavy atom. The number of benzene rings is 1. The van der Waals surface area contributed by atoms with E-state index >= 15 is 0 Å². The van der Waals surface area contributed by atoms with Gasteiger partial charge in [0.15, 0.2) is 17.9 Å². The zero-order valence-electron chi connectivity index (χ0n) is 9.24. The molecule has 1 aromatic heterocycles. The molecular formula is C12H11FN2O2. The molecule has 0 aliphatic rings. The molecule has 1 N–H and O–H groups in total. The van der Waals surface area contributed by atoms with Crippen LogP contribution in [0.3, 0.4) is 0 Å². The zero-order chi connectivity index (χ0) is 12.3.